The molecule has 0 saturated carbocycles. The molecule has 0 unspecified atom stereocenters. The van der Waals surface area contributed by atoms with Gasteiger partial charge in [-0.2, -0.15) is 0 Å². The topological polar surface area (TPSA) is 71.8 Å². The number of H-pyrrole nitrogens is 1. The lowest BCUT2D eigenvalue weighted by molar-refractivity contribution is 0.972. The smallest absolute Gasteiger partial charge is 0.234 e. The summed E-state index contributed by atoms with van der Waals surface area (Å²) >= 11 is 3.21. The van der Waals surface area contributed by atoms with Gasteiger partial charge in [-0.25, -0.2) is 15.0 Å². The van der Waals surface area contributed by atoms with Crippen molar-refractivity contribution in [1.82, 2.24) is 29.5 Å². The molecule has 0 fully saturated rings. The summed E-state index contributed by atoms with van der Waals surface area (Å²) in [6.45, 7) is 4.04. The fourth-order valence-corrected chi connectivity index (χ4v) is 3.71. The highest BCUT2D eigenvalue weighted by Crippen LogP contribution is 2.25. The Morgan fingerprint density at radius 2 is 2.17 bits per heavy atom. The molecule has 0 bridgehead atoms. The lowest BCUT2D eigenvalue weighted by Crippen LogP contribution is -1.94. The number of fused-ring (bicyclic) bond motifs is 1. The summed E-state index contributed by atoms with van der Waals surface area (Å²) in [5, 5.41) is 9.99. The molecule has 6 nitrogen and oxygen atoms in total. The summed E-state index contributed by atoms with van der Waals surface area (Å²) in [6.07, 6.45) is 2.02. The average molecular weight is 342 g/mol. The highest BCUT2D eigenvalue weighted by molar-refractivity contribution is 7.98. The molecule has 0 aliphatic heterocycles. The number of aromatic nitrogens is 6. The van der Waals surface area contributed by atoms with E-state index in [1.165, 1.54) is 0 Å². The minimum absolute atomic E-state index is 0.712. The Morgan fingerprint density at radius 1 is 1.26 bits per heavy atom. The monoisotopic (exact) mass is 342 g/mol. The van der Waals surface area contributed by atoms with Gasteiger partial charge < -0.3 is 0 Å². The molecule has 23 heavy (non-hydrogen) atoms. The Bertz CT molecular complexity index is 954. The zero-order valence-corrected chi connectivity index (χ0v) is 14.3. The third-order valence-electron chi connectivity index (χ3n) is 3.38. The maximum absolute atomic E-state index is 4.57. The molecular weight excluding hydrogens is 328 g/mol. The van der Waals surface area contributed by atoms with Crippen LogP contribution in [0.4, 0.5) is 0 Å². The molecule has 1 N–H and O–H groups in total. The van der Waals surface area contributed by atoms with Crippen molar-refractivity contribution < 1.29 is 0 Å². The maximum Gasteiger partial charge on any atom is 0.234 e. The normalized spacial score (nSPS) is 11.4. The zero-order chi connectivity index (χ0) is 15.8. The van der Waals surface area contributed by atoms with E-state index in [1.54, 1.807) is 23.1 Å². The molecule has 4 rings (SSSR count). The van der Waals surface area contributed by atoms with Crippen LogP contribution < -0.4 is 0 Å². The lowest BCUT2D eigenvalue weighted by Gasteiger charge is -1.98. The predicted molar refractivity (Wildman–Crippen MR) is 91.7 cm³/mol. The van der Waals surface area contributed by atoms with E-state index in [4.69, 9.17) is 0 Å². The van der Waals surface area contributed by atoms with Gasteiger partial charge in [0.1, 0.15) is 0 Å². The van der Waals surface area contributed by atoms with Gasteiger partial charge in [0, 0.05) is 23.3 Å². The second-order valence-corrected chi connectivity index (χ2v) is 7.06. The standard InChI is InChI=1S/C15H14N6S2/c1-9-6-10(2)21-7-11(17-14(21)16-9)8-23-15-18-13(19-20-15)12-4-3-5-22-12/h3-7H,8H2,1-2H3,(H,18,19,20). The van der Waals surface area contributed by atoms with Gasteiger partial charge in [0.2, 0.25) is 10.9 Å². The van der Waals surface area contributed by atoms with Crippen LogP contribution in [0, 0.1) is 13.8 Å². The first-order valence-corrected chi connectivity index (χ1v) is 8.97. The van der Waals surface area contributed by atoms with Crippen LogP contribution in [0.2, 0.25) is 0 Å². The fourth-order valence-electron chi connectivity index (χ4n) is 2.36. The number of hydrogen-bond acceptors (Lipinski definition) is 6. The molecule has 0 aliphatic carbocycles. The minimum Gasteiger partial charge on any atom is -0.288 e. The molecular formula is C15H14N6S2. The van der Waals surface area contributed by atoms with E-state index in [0.29, 0.717) is 5.75 Å². The van der Waals surface area contributed by atoms with Gasteiger partial charge in [-0.15, -0.1) is 16.4 Å². The largest absolute Gasteiger partial charge is 0.288 e. The summed E-state index contributed by atoms with van der Waals surface area (Å²) in [5.41, 5.74) is 3.09. The first-order chi connectivity index (χ1) is 11.2. The summed E-state index contributed by atoms with van der Waals surface area (Å²) in [4.78, 5) is 14.6. The van der Waals surface area contributed by atoms with Gasteiger partial charge in [-0.1, -0.05) is 17.8 Å². The highest BCUT2D eigenvalue weighted by Gasteiger charge is 2.10. The van der Waals surface area contributed by atoms with E-state index >= 15 is 0 Å². The molecule has 0 saturated heterocycles. The lowest BCUT2D eigenvalue weighted by atomic mass is 10.3. The Hall–Kier alpha value is -2.19. The highest BCUT2D eigenvalue weighted by atomic mass is 32.2. The van der Waals surface area contributed by atoms with Crippen LogP contribution in [0.25, 0.3) is 16.5 Å². The first-order valence-electron chi connectivity index (χ1n) is 7.10. The molecule has 0 aromatic carbocycles. The van der Waals surface area contributed by atoms with E-state index in [2.05, 4.69) is 32.1 Å². The van der Waals surface area contributed by atoms with E-state index < -0.39 is 0 Å². The van der Waals surface area contributed by atoms with Crippen molar-refractivity contribution in [2.45, 2.75) is 24.8 Å². The molecule has 0 aliphatic rings. The van der Waals surface area contributed by atoms with Crippen LogP contribution in [0.1, 0.15) is 17.1 Å². The van der Waals surface area contributed by atoms with Crippen molar-refractivity contribution in [3.8, 4) is 10.7 Å². The average Bonchev–Trinajstić information content (AvgIpc) is 3.24. The molecule has 4 heterocycles. The van der Waals surface area contributed by atoms with Gasteiger partial charge in [0.25, 0.3) is 0 Å². The minimum atomic E-state index is 0.712. The maximum atomic E-state index is 4.57. The van der Waals surface area contributed by atoms with Gasteiger partial charge in [-0.3, -0.25) is 9.50 Å². The van der Waals surface area contributed by atoms with E-state index in [-0.39, 0.29) is 0 Å². The number of aryl methyl sites for hydroxylation is 2. The summed E-state index contributed by atoms with van der Waals surface area (Å²) in [6, 6.07) is 6.08. The Kier molecular flexibility index (Phi) is 3.62. The number of aromatic amines is 1. The van der Waals surface area contributed by atoms with Crippen LogP contribution in [0.5, 0.6) is 0 Å². The van der Waals surface area contributed by atoms with Gasteiger partial charge >= 0.3 is 0 Å². The van der Waals surface area contributed by atoms with E-state index in [0.717, 1.165) is 38.7 Å². The predicted octanol–water partition coefficient (Wildman–Crippen LogP) is 3.49. The molecule has 0 amide bonds. The Balaban J connectivity index is 1.52. The SMILES string of the molecule is Cc1cc(C)n2cc(CSc3n[nH]c(-c4cccs4)n3)nc2n1. The number of nitrogens with zero attached hydrogens (tertiary/aromatic N) is 5. The molecule has 8 heteroatoms. The van der Waals surface area contributed by atoms with Crippen molar-refractivity contribution in [1.29, 1.82) is 0 Å². The van der Waals surface area contributed by atoms with Crippen molar-refractivity contribution >= 4 is 28.9 Å². The number of nitrogens with one attached hydrogen (secondary N) is 1. The molecule has 4 aromatic rings. The zero-order valence-electron chi connectivity index (χ0n) is 12.6. The molecule has 0 atom stereocenters. The van der Waals surface area contributed by atoms with Crippen molar-refractivity contribution in [3.63, 3.8) is 0 Å². The second-order valence-electron chi connectivity index (χ2n) is 5.17. The van der Waals surface area contributed by atoms with Crippen LogP contribution >= 0.6 is 23.1 Å². The van der Waals surface area contributed by atoms with Gasteiger partial charge in [-0.05, 0) is 31.4 Å². The summed E-state index contributed by atoms with van der Waals surface area (Å²) < 4.78 is 2.01. The summed E-state index contributed by atoms with van der Waals surface area (Å²) in [7, 11) is 0. The quantitative estimate of drug-likeness (QED) is 0.575. The van der Waals surface area contributed by atoms with Crippen LogP contribution in [-0.4, -0.2) is 29.5 Å². The number of hydrogen-bond donors (Lipinski definition) is 1. The van der Waals surface area contributed by atoms with Gasteiger partial charge in [0.05, 0.1) is 10.6 Å². The number of rotatable bonds is 4. The third kappa shape index (κ3) is 2.87. The van der Waals surface area contributed by atoms with Crippen LogP contribution in [0.3, 0.4) is 0 Å². The molecule has 0 radical (unpaired) electrons. The Morgan fingerprint density at radius 3 is 3.00 bits per heavy atom. The van der Waals surface area contributed by atoms with Crippen molar-refractivity contribution in [2.24, 2.45) is 0 Å². The number of thiophene rings is 1. The van der Waals surface area contributed by atoms with Crippen LogP contribution in [0.15, 0.2) is 34.9 Å². The third-order valence-corrected chi connectivity index (χ3v) is 5.14. The van der Waals surface area contributed by atoms with Crippen LogP contribution in [-0.2, 0) is 5.75 Å². The van der Waals surface area contributed by atoms with Crippen molar-refractivity contribution in [2.75, 3.05) is 0 Å². The molecule has 116 valence electrons. The van der Waals surface area contributed by atoms with Gasteiger partial charge in [0.15, 0.2) is 5.82 Å². The molecule has 4 aromatic heterocycles. The van der Waals surface area contributed by atoms with E-state index in [1.807, 2.05) is 41.1 Å². The molecule has 0 spiro atoms. The first kappa shape index (κ1) is 14.4. The number of imidazole rings is 1. The van der Waals surface area contributed by atoms with Crippen molar-refractivity contribution in [3.05, 3.63) is 46.9 Å². The van der Waals surface area contributed by atoms with E-state index in [9.17, 15) is 0 Å². The fraction of sp³-hybridized carbons (Fsp3) is 0.200. The number of thioether (sulfide) groups is 1. The Labute approximate surface area is 141 Å². The second kappa shape index (κ2) is 5.78. The summed E-state index contributed by atoms with van der Waals surface area (Å²) in [5.74, 6) is 2.27.